The Morgan fingerprint density at radius 3 is 2.45 bits per heavy atom. The van der Waals surface area contributed by atoms with Gasteiger partial charge in [-0.1, -0.05) is 12.1 Å². The van der Waals surface area contributed by atoms with Crippen molar-refractivity contribution in [3.05, 3.63) is 40.6 Å². The van der Waals surface area contributed by atoms with Crippen LogP contribution in [0.3, 0.4) is 0 Å². The van der Waals surface area contributed by atoms with E-state index in [1.54, 1.807) is 18.2 Å². The molecule has 0 unspecified atom stereocenters. The van der Waals surface area contributed by atoms with Crippen LogP contribution in [0, 0.1) is 5.21 Å². The standard InChI is InChI=1S/C15H15N2O3/c18-15-10-6-2-1-5-9(10)13-14(15)17(20)12-8-4-3-7-11(12)16(13)19/h1-2,5-6,11-12,19H,3-4,7-8H2/q+1/t11-,12-/m1/s1. The highest BCUT2D eigenvalue weighted by Crippen LogP contribution is 2.30. The molecule has 4 rings (SSSR count). The number of rotatable bonds is 0. The van der Waals surface area contributed by atoms with Gasteiger partial charge in [0.2, 0.25) is 6.04 Å². The molecule has 0 spiro atoms. The third-order valence-electron chi connectivity index (χ3n) is 4.62. The second-order valence-electron chi connectivity index (χ2n) is 5.66. The molecule has 2 atom stereocenters. The normalized spacial score (nSPS) is 28.3. The molecule has 1 saturated carbocycles. The van der Waals surface area contributed by atoms with Crippen LogP contribution >= 0.6 is 0 Å². The number of hydrogen-bond donors (Lipinski definition) is 1. The van der Waals surface area contributed by atoms with Crippen molar-refractivity contribution in [1.82, 2.24) is 0 Å². The third kappa shape index (κ3) is 1.30. The Hall–Kier alpha value is -2.17. The first kappa shape index (κ1) is 11.6. The maximum Gasteiger partial charge on any atom is 0.336 e. The van der Waals surface area contributed by atoms with Gasteiger partial charge in [0, 0.05) is 18.4 Å². The second-order valence-corrected chi connectivity index (χ2v) is 5.66. The van der Waals surface area contributed by atoms with Crippen LogP contribution in [0.2, 0.25) is 0 Å². The molecule has 2 aliphatic carbocycles. The van der Waals surface area contributed by atoms with Gasteiger partial charge in [-0.3, -0.25) is 10.0 Å². The lowest BCUT2D eigenvalue weighted by Crippen LogP contribution is -2.54. The molecule has 1 N–H and O–H groups in total. The Kier molecular flexibility index (Phi) is 2.28. The molecule has 5 nitrogen and oxygen atoms in total. The quantitative estimate of drug-likeness (QED) is 0.440. The highest BCUT2D eigenvalue weighted by molar-refractivity contribution is 6.75. The van der Waals surface area contributed by atoms with Crippen LogP contribution in [0.25, 0.3) is 0 Å². The molecular weight excluding hydrogens is 256 g/mol. The fourth-order valence-corrected chi connectivity index (χ4v) is 3.67. The van der Waals surface area contributed by atoms with Crippen molar-refractivity contribution in [2.75, 3.05) is 0 Å². The largest absolute Gasteiger partial charge is 0.623 e. The molecule has 1 aliphatic heterocycles. The summed E-state index contributed by atoms with van der Waals surface area (Å²) in [5, 5.41) is 23.1. The first-order valence-electron chi connectivity index (χ1n) is 7.03. The molecule has 102 valence electrons. The van der Waals surface area contributed by atoms with Crippen LogP contribution in [0.15, 0.2) is 24.3 Å². The zero-order chi connectivity index (χ0) is 13.9. The Morgan fingerprint density at radius 2 is 1.70 bits per heavy atom. The van der Waals surface area contributed by atoms with E-state index in [1.807, 2.05) is 6.07 Å². The second kappa shape index (κ2) is 3.91. The number of benzene rings is 1. The van der Waals surface area contributed by atoms with E-state index in [2.05, 4.69) is 0 Å². The van der Waals surface area contributed by atoms with Gasteiger partial charge >= 0.3 is 11.4 Å². The predicted octanol–water partition coefficient (Wildman–Crippen LogP) is 1.35. The SMILES string of the molecule is O=C1C2=[N+]([O-])[C@@H]3CCCC[C@H]3[N+](O)=C2c2ccccc21. The smallest absolute Gasteiger partial charge is 0.336 e. The Balaban J connectivity index is 2.00. The number of fused-ring (bicyclic) bond motifs is 4. The van der Waals surface area contributed by atoms with Crippen molar-refractivity contribution in [1.29, 1.82) is 0 Å². The van der Waals surface area contributed by atoms with E-state index in [0.29, 0.717) is 16.8 Å². The van der Waals surface area contributed by atoms with Crippen molar-refractivity contribution >= 4 is 17.2 Å². The average molecular weight is 271 g/mol. The molecule has 5 heteroatoms. The number of hydroxylamine groups is 2. The minimum atomic E-state index is -0.314. The molecule has 0 radical (unpaired) electrons. The van der Waals surface area contributed by atoms with E-state index < -0.39 is 0 Å². The monoisotopic (exact) mass is 271 g/mol. The van der Waals surface area contributed by atoms with Crippen LogP contribution in [0.1, 0.15) is 41.6 Å². The number of carbonyl (C=O) groups is 1. The maximum absolute atomic E-state index is 12.6. The average Bonchev–Trinajstić information content (AvgIpc) is 2.79. The van der Waals surface area contributed by atoms with Gasteiger partial charge in [-0.15, -0.1) is 0 Å². The molecular formula is C15H15N2O3+. The van der Waals surface area contributed by atoms with Gasteiger partial charge in [-0.05, 0) is 29.7 Å². The van der Waals surface area contributed by atoms with Crippen LogP contribution in [0.5, 0.6) is 0 Å². The van der Waals surface area contributed by atoms with Crippen molar-refractivity contribution in [3.63, 3.8) is 0 Å². The molecule has 1 aromatic rings. The number of hydrogen-bond acceptors (Lipinski definition) is 3. The van der Waals surface area contributed by atoms with Crippen molar-refractivity contribution < 1.29 is 19.5 Å². The first-order valence-corrected chi connectivity index (χ1v) is 7.03. The van der Waals surface area contributed by atoms with Gasteiger partial charge in [0.15, 0.2) is 0 Å². The van der Waals surface area contributed by atoms with Gasteiger partial charge < -0.3 is 5.21 Å². The molecule has 1 fully saturated rings. The van der Waals surface area contributed by atoms with E-state index in [9.17, 15) is 15.2 Å². The summed E-state index contributed by atoms with van der Waals surface area (Å²) in [6, 6.07) is 6.57. The van der Waals surface area contributed by atoms with Crippen molar-refractivity contribution in [2.45, 2.75) is 37.8 Å². The van der Waals surface area contributed by atoms with Gasteiger partial charge in [0.25, 0.3) is 11.8 Å². The van der Waals surface area contributed by atoms with Crippen molar-refractivity contribution in [3.8, 4) is 0 Å². The van der Waals surface area contributed by atoms with Gasteiger partial charge in [-0.2, -0.15) is 4.74 Å². The molecule has 1 aromatic carbocycles. The zero-order valence-corrected chi connectivity index (χ0v) is 11.0. The molecule has 0 bridgehead atoms. The summed E-state index contributed by atoms with van der Waals surface area (Å²) in [7, 11) is 0. The van der Waals surface area contributed by atoms with Gasteiger partial charge in [0.1, 0.15) is 0 Å². The maximum atomic E-state index is 12.6. The number of nitrogens with zero attached hydrogens (tertiary/aromatic N) is 2. The third-order valence-corrected chi connectivity index (χ3v) is 4.62. The first-order chi connectivity index (χ1) is 9.70. The van der Waals surface area contributed by atoms with E-state index in [4.69, 9.17) is 0 Å². The Bertz CT molecular complexity index is 690. The van der Waals surface area contributed by atoms with E-state index in [0.717, 1.165) is 30.4 Å². The molecule has 20 heavy (non-hydrogen) atoms. The minimum absolute atomic E-state index is 0.108. The molecule has 1 heterocycles. The lowest BCUT2D eigenvalue weighted by molar-refractivity contribution is -0.822. The Morgan fingerprint density at radius 1 is 1.05 bits per heavy atom. The number of ketones is 1. The highest BCUT2D eigenvalue weighted by atomic mass is 16.5. The zero-order valence-electron chi connectivity index (χ0n) is 11.0. The summed E-state index contributed by atoms with van der Waals surface area (Å²) in [5.41, 5.74) is 1.68. The molecule has 0 saturated heterocycles. The van der Waals surface area contributed by atoms with Crippen LogP contribution in [-0.4, -0.2) is 44.0 Å². The van der Waals surface area contributed by atoms with Crippen LogP contribution in [-0.2, 0) is 0 Å². The lowest BCUT2D eigenvalue weighted by Gasteiger charge is -2.28. The highest BCUT2D eigenvalue weighted by Gasteiger charge is 2.56. The summed E-state index contributed by atoms with van der Waals surface area (Å²) in [6.07, 6.45) is 3.49. The minimum Gasteiger partial charge on any atom is -0.623 e. The van der Waals surface area contributed by atoms with Crippen molar-refractivity contribution in [2.24, 2.45) is 0 Å². The van der Waals surface area contributed by atoms with E-state index >= 15 is 0 Å². The molecule has 3 aliphatic rings. The topological polar surface area (TPSA) is 66.4 Å². The van der Waals surface area contributed by atoms with E-state index in [-0.39, 0.29) is 23.6 Å². The summed E-state index contributed by atoms with van der Waals surface area (Å²) < 4.78 is 2.03. The predicted molar refractivity (Wildman–Crippen MR) is 71.6 cm³/mol. The summed E-state index contributed by atoms with van der Waals surface area (Å²) in [6.45, 7) is 0. The summed E-state index contributed by atoms with van der Waals surface area (Å²) in [4.78, 5) is 12.4. The van der Waals surface area contributed by atoms with E-state index in [1.165, 1.54) is 4.74 Å². The van der Waals surface area contributed by atoms with Gasteiger partial charge in [-0.25, -0.2) is 0 Å². The van der Waals surface area contributed by atoms with Crippen LogP contribution in [0.4, 0.5) is 0 Å². The fraction of sp³-hybridized carbons (Fsp3) is 0.400. The number of carbonyl (C=O) groups excluding carboxylic acids is 1. The molecule has 0 aromatic heterocycles. The summed E-state index contributed by atoms with van der Waals surface area (Å²) >= 11 is 0. The van der Waals surface area contributed by atoms with Gasteiger partial charge in [0.05, 0.1) is 5.56 Å². The lowest BCUT2D eigenvalue weighted by atomic mass is 9.89. The molecule has 0 amide bonds. The fourth-order valence-electron chi connectivity index (χ4n) is 3.67. The van der Waals surface area contributed by atoms with Crippen LogP contribution < -0.4 is 0 Å². The number of Topliss-reactive ketones (excluding diaryl/α,β-unsaturated/α-hetero) is 1. The Labute approximate surface area is 116 Å². The summed E-state index contributed by atoms with van der Waals surface area (Å²) in [5.74, 6) is -0.270.